The molecule has 9 heteroatoms. The molecular weight excluding hydrogens is 394 g/mol. The standard InChI is InChI=1S/C20H21N3O5S/c1-12(24)10-28-16-4-3-13(5-6-20(27)7-8-23(2)19(20)26)9-14(16)15-11-29-18(22-15)17(21)25/h3-4,9,11-12,24,27H,7-8,10H2,1-2H3,(H2,21,25)/t12-,20-/m0/s1. The Kier molecular flexibility index (Phi) is 5.88. The number of nitrogens with zero attached hydrogens (tertiary/aromatic N) is 2. The molecule has 0 radical (unpaired) electrons. The Morgan fingerprint density at radius 2 is 2.28 bits per heavy atom. The summed E-state index contributed by atoms with van der Waals surface area (Å²) in [5, 5.41) is 21.8. The van der Waals surface area contributed by atoms with E-state index in [-0.39, 0.29) is 18.0 Å². The Labute approximate surface area is 171 Å². The minimum Gasteiger partial charge on any atom is -0.490 e. The molecule has 152 valence electrons. The van der Waals surface area contributed by atoms with Crippen LogP contribution in [0.15, 0.2) is 23.6 Å². The van der Waals surface area contributed by atoms with Crippen molar-refractivity contribution in [1.29, 1.82) is 0 Å². The Morgan fingerprint density at radius 3 is 2.86 bits per heavy atom. The van der Waals surface area contributed by atoms with Crippen molar-refractivity contribution >= 4 is 23.2 Å². The fourth-order valence-corrected chi connectivity index (χ4v) is 3.47. The number of rotatable bonds is 5. The zero-order chi connectivity index (χ0) is 21.2. The molecule has 4 N–H and O–H groups in total. The summed E-state index contributed by atoms with van der Waals surface area (Å²) in [6, 6.07) is 5.04. The van der Waals surface area contributed by atoms with Crippen molar-refractivity contribution in [2.75, 3.05) is 20.2 Å². The molecule has 29 heavy (non-hydrogen) atoms. The fraction of sp³-hybridized carbons (Fsp3) is 0.350. The summed E-state index contributed by atoms with van der Waals surface area (Å²) < 4.78 is 5.65. The van der Waals surface area contributed by atoms with Gasteiger partial charge < -0.3 is 25.6 Å². The van der Waals surface area contributed by atoms with Crippen LogP contribution in [0.1, 0.15) is 28.7 Å². The van der Waals surface area contributed by atoms with Gasteiger partial charge in [-0.15, -0.1) is 11.3 Å². The van der Waals surface area contributed by atoms with Gasteiger partial charge in [-0.05, 0) is 25.1 Å². The molecule has 1 aliphatic heterocycles. The summed E-state index contributed by atoms with van der Waals surface area (Å²) in [5.41, 5.74) is 5.16. The average molecular weight is 415 g/mol. The van der Waals surface area contributed by atoms with Crippen LogP contribution in [0.3, 0.4) is 0 Å². The molecule has 1 aromatic heterocycles. The SMILES string of the molecule is C[C@H](O)COc1ccc(C#C[C@]2(O)CCN(C)C2=O)cc1-c1csc(C(N)=O)n1. The van der Waals surface area contributed by atoms with Crippen LogP contribution in [-0.2, 0) is 4.79 Å². The fourth-order valence-electron chi connectivity index (χ4n) is 2.80. The van der Waals surface area contributed by atoms with Crippen molar-refractivity contribution in [1.82, 2.24) is 9.88 Å². The van der Waals surface area contributed by atoms with Crippen molar-refractivity contribution in [3.8, 4) is 28.8 Å². The number of carbonyl (C=O) groups is 2. The van der Waals surface area contributed by atoms with Gasteiger partial charge in [0.1, 0.15) is 12.4 Å². The number of hydrogen-bond acceptors (Lipinski definition) is 7. The third-order valence-corrected chi connectivity index (χ3v) is 5.23. The third kappa shape index (κ3) is 4.56. The van der Waals surface area contributed by atoms with E-state index in [1.807, 2.05) is 0 Å². The minimum absolute atomic E-state index is 0.0748. The van der Waals surface area contributed by atoms with Crippen LogP contribution < -0.4 is 10.5 Å². The van der Waals surface area contributed by atoms with Crippen molar-refractivity contribution in [3.05, 3.63) is 34.2 Å². The van der Waals surface area contributed by atoms with E-state index in [1.54, 1.807) is 37.6 Å². The van der Waals surface area contributed by atoms with E-state index in [2.05, 4.69) is 16.8 Å². The van der Waals surface area contributed by atoms with Gasteiger partial charge in [-0.25, -0.2) is 4.98 Å². The quantitative estimate of drug-likeness (QED) is 0.615. The van der Waals surface area contributed by atoms with Crippen LogP contribution in [-0.4, -0.2) is 63.8 Å². The highest BCUT2D eigenvalue weighted by molar-refractivity contribution is 7.12. The lowest BCUT2D eigenvalue weighted by Gasteiger charge is -2.14. The Hall–Kier alpha value is -2.93. The first-order chi connectivity index (χ1) is 13.7. The van der Waals surface area contributed by atoms with E-state index < -0.39 is 23.5 Å². The van der Waals surface area contributed by atoms with E-state index >= 15 is 0 Å². The highest BCUT2D eigenvalue weighted by Crippen LogP contribution is 2.32. The zero-order valence-corrected chi connectivity index (χ0v) is 16.8. The normalized spacial score (nSPS) is 19.6. The topological polar surface area (TPSA) is 126 Å². The van der Waals surface area contributed by atoms with E-state index in [4.69, 9.17) is 10.5 Å². The molecule has 0 saturated carbocycles. The van der Waals surface area contributed by atoms with Crippen LogP contribution in [0.4, 0.5) is 0 Å². The van der Waals surface area contributed by atoms with Crippen LogP contribution in [0, 0.1) is 11.8 Å². The minimum atomic E-state index is -1.70. The Morgan fingerprint density at radius 1 is 1.52 bits per heavy atom. The van der Waals surface area contributed by atoms with E-state index in [0.717, 1.165) is 11.3 Å². The summed E-state index contributed by atoms with van der Waals surface area (Å²) in [4.78, 5) is 29.1. The van der Waals surface area contributed by atoms with Crippen molar-refractivity contribution in [3.63, 3.8) is 0 Å². The number of nitrogens with two attached hydrogens (primary N) is 1. The maximum atomic E-state index is 12.1. The van der Waals surface area contributed by atoms with Gasteiger partial charge in [0.2, 0.25) is 5.60 Å². The van der Waals surface area contributed by atoms with E-state index in [1.165, 1.54) is 4.90 Å². The lowest BCUT2D eigenvalue weighted by atomic mass is 10.0. The van der Waals surface area contributed by atoms with Gasteiger partial charge >= 0.3 is 0 Å². The molecule has 0 spiro atoms. The number of aromatic nitrogens is 1. The van der Waals surface area contributed by atoms with Gasteiger partial charge in [0.05, 0.1) is 11.8 Å². The lowest BCUT2D eigenvalue weighted by molar-refractivity contribution is -0.137. The van der Waals surface area contributed by atoms with Gasteiger partial charge in [-0.3, -0.25) is 9.59 Å². The second-order valence-electron chi connectivity index (χ2n) is 6.86. The van der Waals surface area contributed by atoms with Gasteiger partial charge in [-0.2, -0.15) is 0 Å². The number of likely N-dealkylation sites (tertiary alicyclic amines) is 1. The highest BCUT2D eigenvalue weighted by atomic mass is 32.1. The van der Waals surface area contributed by atoms with Crippen LogP contribution in [0.25, 0.3) is 11.3 Å². The monoisotopic (exact) mass is 415 g/mol. The van der Waals surface area contributed by atoms with Gasteiger partial charge in [0.15, 0.2) is 5.01 Å². The molecule has 2 aromatic rings. The molecule has 1 aromatic carbocycles. The molecule has 1 saturated heterocycles. The summed E-state index contributed by atoms with van der Waals surface area (Å²) >= 11 is 1.11. The van der Waals surface area contributed by atoms with Crippen LogP contribution in [0.5, 0.6) is 5.75 Å². The predicted molar refractivity (Wildman–Crippen MR) is 107 cm³/mol. The Balaban J connectivity index is 1.97. The number of hydrogen-bond donors (Lipinski definition) is 3. The number of amides is 2. The second kappa shape index (κ2) is 8.21. The lowest BCUT2D eigenvalue weighted by Crippen LogP contribution is -2.37. The van der Waals surface area contributed by atoms with E-state index in [0.29, 0.717) is 29.1 Å². The van der Waals surface area contributed by atoms with Gasteiger partial charge in [-0.1, -0.05) is 11.8 Å². The third-order valence-electron chi connectivity index (χ3n) is 4.37. The zero-order valence-electron chi connectivity index (χ0n) is 16.0. The van der Waals surface area contributed by atoms with Crippen molar-refractivity contribution in [2.45, 2.75) is 25.0 Å². The molecule has 2 heterocycles. The maximum Gasteiger partial charge on any atom is 0.277 e. The molecule has 0 unspecified atom stereocenters. The first-order valence-corrected chi connectivity index (χ1v) is 9.79. The van der Waals surface area contributed by atoms with Crippen LogP contribution in [0.2, 0.25) is 0 Å². The maximum absolute atomic E-state index is 12.1. The molecule has 0 bridgehead atoms. The largest absolute Gasteiger partial charge is 0.490 e. The first-order valence-electron chi connectivity index (χ1n) is 8.91. The number of benzene rings is 1. The number of ether oxygens (including phenoxy) is 1. The average Bonchev–Trinajstić information content (AvgIpc) is 3.27. The Bertz CT molecular complexity index is 1010. The van der Waals surface area contributed by atoms with Crippen molar-refractivity contribution in [2.24, 2.45) is 5.73 Å². The second-order valence-corrected chi connectivity index (χ2v) is 7.72. The number of aliphatic hydroxyl groups is 2. The van der Waals surface area contributed by atoms with Gasteiger partial charge in [0, 0.05) is 36.5 Å². The van der Waals surface area contributed by atoms with E-state index in [9.17, 15) is 19.8 Å². The molecular formula is C20H21N3O5S. The number of primary amides is 1. The number of likely N-dealkylation sites (N-methyl/N-ethyl adjacent to an activating group) is 1. The van der Waals surface area contributed by atoms with Crippen molar-refractivity contribution < 1.29 is 24.5 Å². The predicted octanol–water partition coefficient (Wildman–Crippen LogP) is 0.613. The molecule has 1 fully saturated rings. The molecule has 0 aliphatic carbocycles. The summed E-state index contributed by atoms with van der Waals surface area (Å²) in [5.74, 6) is 4.91. The molecule has 8 nitrogen and oxygen atoms in total. The summed E-state index contributed by atoms with van der Waals surface area (Å²) in [6.45, 7) is 2.12. The number of carbonyl (C=O) groups excluding carboxylic acids is 2. The summed E-state index contributed by atoms with van der Waals surface area (Å²) in [7, 11) is 1.62. The highest BCUT2D eigenvalue weighted by Gasteiger charge is 2.42. The van der Waals surface area contributed by atoms with Gasteiger partial charge in [0.25, 0.3) is 11.8 Å². The van der Waals surface area contributed by atoms with Crippen LogP contribution >= 0.6 is 11.3 Å². The molecule has 1 aliphatic rings. The smallest absolute Gasteiger partial charge is 0.277 e. The first kappa shape index (κ1) is 20.8. The number of thiazole rings is 1. The number of aliphatic hydroxyl groups excluding tert-OH is 1. The summed E-state index contributed by atoms with van der Waals surface area (Å²) in [6.07, 6.45) is -0.426. The molecule has 2 amide bonds. The molecule has 3 rings (SSSR count). The molecule has 2 atom stereocenters.